The molecular weight excluding hydrogens is 303 g/mol. The summed E-state index contributed by atoms with van der Waals surface area (Å²) in [7, 11) is 0. The molecule has 2 N–H and O–H groups in total. The van der Waals surface area contributed by atoms with E-state index >= 15 is 0 Å². The van der Waals surface area contributed by atoms with E-state index in [-0.39, 0.29) is 22.1 Å². The molecule has 0 aromatic heterocycles. The molecule has 94 valence electrons. The molecule has 18 heavy (non-hydrogen) atoms. The molecule has 0 bridgehead atoms. The highest BCUT2D eigenvalue weighted by molar-refractivity contribution is 9.10. The molecule has 4 nitrogen and oxygen atoms in total. The van der Waals surface area contributed by atoms with E-state index in [0.29, 0.717) is 0 Å². The summed E-state index contributed by atoms with van der Waals surface area (Å²) in [5.74, 6) is -1.79. The number of benzene rings is 1. The summed E-state index contributed by atoms with van der Waals surface area (Å²) in [5.41, 5.74) is 0.170. The van der Waals surface area contributed by atoms with Crippen LogP contribution in [0, 0.1) is 17.1 Å². The van der Waals surface area contributed by atoms with E-state index in [4.69, 9.17) is 10.4 Å². The van der Waals surface area contributed by atoms with E-state index < -0.39 is 17.8 Å². The predicted molar refractivity (Wildman–Crippen MR) is 68.7 cm³/mol. The van der Waals surface area contributed by atoms with Gasteiger partial charge in [-0.05, 0) is 34.5 Å². The lowest BCUT2D eigenvalue weighted by atomic mass is 10.1. The van der Waals surface area contributed by atoms with Gasteiger partial charge in [0.15, 0.2) is 5.82 Å². The molecule has 0 radical (unpaired) electrons. The van der Waals surface area contributed by atoms with Crippen molar-refractivity contribution in [1.82, 2.24) is 0 Å². The Hall–Kier alpha value is -1.87. The van der Waals surface area contributed by atoms with Gasteiger partial charge in [-0.1, -0.05) is 6.08 Å². The lowest BCUT2D eigenvalue weighted by Gasteiger charge is -2.15. The van der Waals surface area contributed by atoms with Crippen molar-refractivity contribution in [2.75, 3.05) is 5.32 Å². The van der Waals surface area contributed by atoms with Crippen LogP contribution < -0.4 is 5.32 Å². The van der Waals surface area contributed by atoms with Crippen molar-refractivity contribution in [2.45, 2.75) is 12.5 Å². The van der Waals surface area contributed by atoms with Crippen molar-refractivity contribution in [1.29, 1.82) is 5.26 Å². The van der Waals surface area contributed by atoms with Gasteiger partial charge in [0.05, 0.1) is 15.7 Å². The first-order valence-electron chi connectivity index (χ1n) is 4.99. The predicted octanol–water partition coefficient (Wildman–Crippen LogP) is 2.90. The van der Waals surface area contributed by atoms with Crippen LogP contribution >= 0.6 is 15.9 Å². The fraction of sp³-hybridized carbons (Fsp3) is 0.167. The summed E-state index contributed by atoms with van der Waals surface area (Å²) in [5, 5.41) is 20.2. The summed E-state index contributed by atoms with van der Waals surface area (Å²) in [6, 6.07) is 3.59. The molecule has 0 spiro atoms. The zero-order valence-electron chi connectivity index (χ0n) is 9.28. The molecule has 0 aliphatic carbocycles. The summed E-state index contributed by atoms with van der Waals surface area (Å²) in [6.45, 7) is 3.44. The third kappa shape index (κ3) is 3.08. The maximum atomic E-state index is 13.8. The Labute approximate surface area is 112 Å². The van der Waals surface area contributed by atoms with Gasteiger partial charge in [0, 0.05) is 0 Å². The van der Waals surface area contributed by atoms with Gasteiger partial charge in [-0.15, -0.1) is 6.58 Å². The Morgan fingerprint density at radius 2 is 2.39 bits per heavy atom. The van der Waals surface area contributed by atoms with Crippen LogP contribution in [-0.4, -0.2) is 17.1 Å². The topological polar surface area (TPSA) is 73.1 Å². The second kappa shape index (κ2) is 6.17. The minimum Gasteiger partial charge on any atom is -0.480 e. The van der Waals surface area contributed by atoms with Crippen molar-refractivity contribution in [3.05, 3.63) is 40.6 Å². The monoisotopic (exact) mass is 312 g/mol. The number of nitrogens with zero attached hydrogens (tertiary/aromatic N) is 1. The Bertz CT molecular complexity index is 526. The SMILES string of the molecule is C=CCC(Nc1ccc(C#N)c(Br)c1F)C(=O)O. The van der Waals surface area contributed by atoms with E-state index in [0.717, 1.165) is 0 Å². The second-order valence-electron chi connectivity index (χ2n) is 3.46. The first-order chi connectivity index (χ1) is 8.51. The average Bonchev–Trinajstić information content (AvgIpc) is 2.34. The minimum atomic E-state index is -1.10. The normalized spacial score (nSPS) is 11.4. The fourth-order valence-electron chi connectivity index (χ4n) is 1.32. The van der Waals surface area contributed by atoms with Gasteiger partial charge >= 0.3 is 5.97 Å². The molecule has 1 rings (SSSR count). The maximum absolute atomic E-state index is 13.8. The van der Waals surface area contributed by atoms with Crippen molar-refractivity contribution < 1.29 is 14.3 Å². The molecule has 1 aromatic carbocycles. The molecule has 1 atom stereocenters. The van der Waals surface area contributed by atoms with Gasteiger partial charge < -0.3 is 10.4 Å². The van der Waals surface area contributed by atoms with Crippen LogP contribution in [0.4, 0.5) is 10.1 Å². The van der Waals surface area contributed by atoms with Gasteiger partial charge in [-0.3, -0.25) is 0 Å². The Morgan fingerprint density at radius 1 is 1.72 bits per heavy atom. The summed E-state index contributed by atoms with van der Waals surface area (Å²) in [6.07, 6.45) is 1.59. The highest BCUT2D eigenvalue weighted by atomic mass is 79.9. The van der Waals surface area contributed by atoms with Crippen LogP contribution in [0.1, 0.15) is 12.0 Å². The quantitative estimate of drug-likeness (QED) is 0.820. The smallest absolute Gasteiger partial charge is 0.326 e. The fourth-order valence-corrected chi connectivity index (χ4v) is 1.76. The Balaban J connectivity index is 3.05. The summed E-state index contributed by atoms with van der Waals surface area (Å²) < 4.78 is 13.8. The number of hydrogen-bond acceptors (Lipinski definition) is 3. The van der Waals surface area contributed by atoms with Crippen molar-refractivity contribution in [2.24, 2.45) is 0 Å². The Kier molecular flexibility index (Phi) is 4.86. The van der Waals surface area contributed by atoms with E-state index in [2.05, 4.69) is 27.8 Å². The van der Waals surface area contributed by atoms with Crippen molar-refractivity contribution in [3.8, 4) is 6.07 Å². The van der Waals surface area contributed by atoms with Gasteiger partial charge in [0.2, 0.25) is 0 Å². The number of nitrogens with one attached hydrogen (secondary N) is 1. The van der Waals surface area contributed by atoms with Crippen LogP contribution in [0.2, 0.25) is 0 Å². The third-order valence-electron chi connectivity index (χ3n) is 2.23. The van der Waals surface area contributed by atoms with Crippen LogP contribution in [0.25, 0.3) is 0 Å². The first kappa shape index (κ1) is 14.2. The number of aliphatic carboxylic acids is 1. The Morgan fingerprint density at radius 3 is 2.89 bits per heavy atom. The maximum Gasteiger partial charge on any atom is 0.326 e. The average molecular weight is 313 g/mol. The van der Waals surface area contributed by atoms with Crippen LogP contribution in [0.3, 0.4) is 0 Å². The highest BCUT2D eigenvalue weighted by Gasteiger charge is 2.19. The number of rotatable bonds is 5. The third-order valence-corrected chi connectivity index (χ3v) is 3.01. The van der Waals surface area contributed by atoms with E-state index in [1.807, 2.05) is 6.07 Å². The second-order valence-corrected chi connectivity index (χ2v) is 4.25. The van der Waals surface area contributed by atoms with Crippen LogP contribution in [-0.2, 0) is 4.79 Å². The molecule has 0 saturated carbocycles. The van der Waals surface area contributed by atoms with Crippen molar-refractivity contribution >= 4 is 27.6 Å². The molecule has 0 heterocycles. The summed E-state index contributed by atoms with van der Waals surface area (Å²) in [4.78, 5) is 10.9. The van der Waals surface area contributed by atoms with Crippen molar-refractivity contribution in [3.63, 3.8) is 0 Å². The number of anilines is 1. The molecule has 6 heteroatoms. The summed E-state index contributed by atoms with van der Waals surface area (Å²) >= 11 is 2.95. The largest absolute Gasteiger partial charge is 0.480 e. The molecule has 0 aliphatic rings. The van der Waals surface area contributed by atoms with Gasteiger partial charge in [0.25, 0.3) is 0 Å². The van der Waals surface area contributed by atoms with Gasteiger partial charge in [0.1, 0.15) is 12.1 Å². The number of carboxylic acids is 1. The number of carbonyl (C=O) groups is 1. The number of halogens is 2. The zero-order valence-corrected chi connectivity index (χ0v) is 10.9. The van der Waals surface area contributed by atoms with Crippen LogP contribution in [0.15, 0.2) is 29.3 Å². The zero-order chi connectivity index (χ0) is 13.7. The van der Waals surface area contributed by atoms with E-state index in [1.54, 1.807) is 0 Å². The molecule has 1 unspecified atom stereocenters. The van der Waals surface area contributed by atoms with Crippen LogP contribution in [0.5, 0.6) is 0 Å². The highest BCUT2D eigenvalue weighted by Crippen LogP contribution is 2.27. The minimum absolute atomic E-state index is 0.0118. The number of carboxylic acid groups (broad SMARTS) is 1. The standard InChI is InChI=1S/C12H10BrFN2O2/c1-2-3-9(12(17)18)16-8-5-4-7(6-15)10(13)11(8)14/h2,4-5,9,16H,1,3H2,(H,17,18). The molecule has 0 fully saturated rings. The number of nitriles is 1. The lowest BCUT2D eigenvalue weighted by molar-refractivity contribution is -0.137. The van der Waals surface area contributed by atoms with Gasteiger partial charge in [-0.25, -0.2) is 9.18 Å². The van der Waals surface area contributed by atoms with E-state index in [9.17, 15) is 9.18 Å². The molecule has 0 aliphatic heterocycles. The van der Waals surface area contributed by atoms with Gasteiger partial charge in [-0.2, -0.15) is 5.26 Å². The molecular formula is C12H10BrFN2O2. The van der Waals surface area contributed by atoms with E-state index in [1.165, 1.54) is 18.2 Å². The molecule has 0 saturated heterocycles. The number of hydrogen-bond donors (Lipinski definition) is 2. The molecule has 1 aromatic rings. The molecule has 0 amide bonds. The lowest BCUT2D eigenvalue weighted by Crippen LogP contribution is -2.29. The first-order valence-corrected chi connectivity index (χ1v) is 5.79.